The van der Waals surface area contributed by atoms with Crippen molar-refractivity contribution in [1.29, 1.82) is 0 Å². The molecule has 2 N–H and O–H groups in total. The summed E-state index contributed by atoms with van der Waals surface area (Å²) in [7, 11) is 0. The van der Waals surface area contributed by atoms with Gasteiger partial charge >= 0.3 is 0 Å². The predicted octanol–water partition coefficient (Wildman–Crippen LogP) is -0.131. The highest BCUT2D eigenvalue weighted by Gasteiger charge is 2.20. The lowest BCUT2D eigenvalue weighted by Gasteiger charge is -2.23. The van der Waals surface area contributed by atoms with Gasteiger partial charge in [-0.25, -0.2) is 0 Å². The maximum atomic E-state index is 11.3. The average Bonchev–Trinajstić information content (AvgIpc) is 2.13. The summed E-state index contributed by atoms with van der Waals surface area (Å²) in [6, 6.07) is 0. The summed E-state index contributed by atoms with van der Waals surface area (Å²) in [4.78, 5) is 22.4. The molecule has 0 aliphatic carbocycles. The van der Waals surface area contributed by atoms with E-state index in [9.17, 15) is 9.59 Å². The molecule has 0 spiro atoms. The van der Waals surface area contributed by atoms with Gasteiger partial charge in [-0.15, -0.1) is 0 Å². The van der Waals surface area contributed by atoms with Crippen LogP contribution >= 0.6 is 0 Å². The smallest absolute Gasteiger partial charge is 0.228 e. The van der Waals surface area contributed by atoms with Crippen LogP contribution in [0.4, 0.5) is 0 Å². The lowest BCUT2D eigenvalue weighted by molar-refractivity contribution is -0.131. The van der Waals surface area contributed by atoms with Crippen LogP contribution in [0.5, 0.6) is 0 Å². The first-order valence-corrected chi connectivity index (χ1v) is 4.92. The molecule has 0 heterocycles. The van der Waals surface area contributed by atoms with Crippen LogP contribution < -0.4 is 5.32 Å². The topological polar surface area (TPSA) is 75.6 Å². The van der Waals surface area contributed by atoms with Crippen LogP contribution in [0.3, 0.4) is 0 Å². The quantitative estimate of drug-likeness (QED) is 0.582. The lowest BCUT2D eigenvalue weighted by atomic mass is 10.1. The van der Waals surface area contributed by atoms with Crippen molar-refractivity contribution in [3.63, 3.8) is 0 Å². The minimum Gasteiger partial charge on any atom is -0.394 e. The van der Waals surface area contributed by atoms with Gasteiger partial charge in [0.15, 0.2) is 5.78 Å². The molecule has 0 rings (SSSR count). The molecular formula is C10H19NO4. The minimum atomic E-state index is -0.691. The third kappa shape index (κ3) is 7.04. The van der Waals surface area contributed by atoms with Crippen LogP contribution in [0.25, 0.3) is 0 Å². The molecule has 0 aromatic carbocycles. The second-order valence-corrected chi connectivity index (χ2v) is 3.94. The van der Waals surface area contributed by atoms with Crippen molar-refractivity contribution < 1.29 is 19.4 Å². The zero-order valence-electron chi connectivity index (χ0n) is 9.50. The Bertz CT molecular complexity index is 225. The molecule has 1 amide bonds. The first kappa shape index (κ1) is 14.1. The number of hydrogen-bond acceptors (Lipinski definition) is 4. The van der Waals surface area contributed by atoms with Gasteiger partial charge in [-0.3, -0.25) is 9.59 Å². The van der Waals surface area contributed by atoms with Gasteiger partial charge in [-0.05, 0) is 20.8 Å². The Morgan fingerprint density at radius 1 is 1.40 bits per heavy atom. The highest BCUT2D eigenvalue weighted by molar-refractivity contribution is 5.98. The van der Waals surface area contributed by atoms with Crippen molar-refractivity contribution in [2.45, 2.75) is 32.7 Å². The van der Waals surface area contributed by atoms with E-state index in [-0.39, 0.29) is 25.4 Å². The zero-order chi connectivity index (χ0) is 11.9. The Labute approximate surface area is 89.8 Å². The number of carbonyl (C=O) groups excluding carboxylic acids is 2. The zero-order valence-corrected chi connectivity index (χ0v) is 9.50. The van der Waals surface area contributed by atoms with Crippen molar-refractivity contribution in [3.8, 4) is 0 Å². The van der Waals surface area contributed by atoms with Crippen LogP contribution in [-0.2, 0) is 14.3 Å². The van der Waals surface area contributed by atoms with E-state index in [0.717, 1.165) is 0 Å². The molecular weight excluding hydrogens is 198 g/mol. The van der Waals surface area contributed by atoms with E-state index in [0.29, 0.717) is 6.61 Å². The number of nitrogens with one attached hydrogen (secondary N) is 1. The SMILES string of the molecule is CCOCC(=O)CC(=O)NC(C)(C)CO. The fourth-order valence-electron chi connectivity index (χ4n) is 0.907. The summed E-state index contributed by atoms with van der Waals surface area (Å²) in [5.74, 6) is -0.651. The Hall–Kier alpha value is -0.940. The van der Waals surface area contributed by atoms with Crippen LogP contribution in [0.2, 0.25) is 0 Å². The molecule has 0 bridgehead atoms. The van der Waals surface area contributed by atoms with E-state index in [2.05, 4.69) is 5.32 Å². The molecule has 88 valence electrons. The second-order valence-electron chi connectivity index (χ2n) is 3.94. The molecule has 5 nitrogen and oxygen atoms in total. The number of ketones is 1. The van der Waals surface area contributed by atoms with Crippen LogP contribution in [0, 0.1) is 0 Å². The molecule has 0 atom stereocenters. The Balaban J connectivity index is 3.88. The van der Waals surface area contributed by atoms with Crippen LogP contribution in [-0.4, -0.2) is 42.2 Å². The van der Waals surface area contributed by atoms with E-state index in [1.807, 2.05) is 0 Å². The lowest BCUT2D eigenvalue weighted by Crippen LogP contribution is -2.46. The fourth-order valence-corrected chi connectivity index (χ4v) is 0.907. The standard InChI is InChI=1S/C10H19NO4/c1-4-15-6-8(13)5-9(14)11-10(2,3)7-12/h12H,4-7H2,1-3H3,(H,11,14). The number of aliphatic hydroxyl groups excluding tert-OH is 1. The fraction of sp³-hybridized carbons (Fsp3) is 0.800. The summed E-state index contributed by atoms with van der Waals surface area (Å²) < 4.78 is 4.87. The number of carbonyl (C=O) groups is 2. The number of Topliss-reactive ketones (excluding diaryl/α,β-unsaturated/α-hetero) is 1. The van der Waals surface area contributed by atoms with Gasteiger partial charge < -0.3 is 15.2 Å². The van der Waals surface area contributed by atoms with Crippen molar-refractivity contribution in [3.05, 3.63) is 0 Å². The summed E-state index contributed by atoms with van der Waals surface area (Å²) in [6.07, 6.45) is -0.205. The number of hydrogen-bond donors (Lipinski definition) is 2. The van der Waals surface area contributed by atoms with E-state index >= 15 is 0 Å². The van der Waals surface area contributed by atoms with Gasteiger partial charge in [0, 0.05) is 6.61 Å². The maximum Gasteiger partial charge on any atom is 0.228 e. The largest absolute Gasteiger partial charge is 0.394 e. The van der Waals surface area contributed by atoms with Gasteiger partial charge in [-0.2, -0.15) is 0 Å². The van der Waals surface area contributed by atoms with Gasteiger partial charge in [0.25, 0.3) is 0 Å². The third-order valence-corrected chi connectivity index (χ3v) is 1.70. The summed E-state index contributed by atoms with van der Waals surface area (Å²) in [5, 5.41) is 11.4. The van der Waals surface area contributed by atoms with Crippen molar-refractivity contribution in [1.82, 2.24) is 5.32 Å². The molecule has 0 saturated heterocycles. The number of amides is 1. The molecule has 0 aliphatic rings. The first-order chi connectivity index (χ1) is 6.91. The van der Waals surface area contributed by atoms with Gasteiger partial charge in [0.2, 0.25) is 5.91 Å². The highest BCUT2D eigenvalue weighted by atomic mass is 16.5. The molecule has 5 heteroatoms. The van der Waals surface area contributed by atoms with Crippen molar-refractivity contribution in [2.75, 3.05) is 19.8 Å². The minimum absolute atomic E-state index is 0.0382. The normalized spacial score (nSPS) is 11.2. The summed E-state index contributed by atoms with van der Waals surface area (Å²) in [6.45, 7) is 5.38. The molecule has 0 unspecified atom stereocenters. The maximum absolute atomic E-state index is 11.3. The molecule has 0 aliphatic heterocycles. The van der Waals surface area contributed by atoms with E-state index in [1.165, 1.54) is 0 Å². The number of rotatable bonds is 7. The van der Waals surface area contributed by atoms with Crippen LogP contribution in [0.1, 0.15) is 27.2 Å². The third-order valence-electron chi connectivity index (χ3n) is 1.70. The molecule has 0 radical (unpaired) electrons. The van der Waals surface area contributed by atoms with Gasteiger partial charge in [-0.1, -0.05) is 0 Å². The molecule has 15 heavy (non-hydrogen) atoms. The van der Waals surface area contributed by atoms with Crippen molar-refractivity contribution >= 4 is 11.7 Å². The van der Waals surface area contributed by atoms with Crippen molar-refractivity contribution in [2.24, 2.45) is 0 Å². The number of aliphatic hydroxyl groups is 1. The van der Waals surface area contributed by atoms with E-state index in [4.69, 9.17) is 9.84 Å². The monoisotopic (exact) mass is 217 g/mol. The van der Waals surface area contributed by atoms with E-state index in [1.54, 1.807) is 20.8 Å². The molecule has 0 aromatic heterocycles. The number of ether oxygens (including phenoxy) is 1. The van der Waals surface area contributed by atoms with E-state index < -0.39 is 11.4 Å². The van der Waals surface area contributed by atoms with Gasteiger partial charge in [0.05, 0.1) is 18.6 Å². The molecule has 0 aromatic rings. The Morgan fingerprint density at radius 3 is 2.47 bits per heavy atom. The van der Waals surface area contributed by atoms with Gasteiger partial charge in [0.1, 0.15) is 6.61 Å². The molecule has 0 fully saturated rings. The second kappa shape index (κ2) is 6.53. The summed E-state index contributed by atoms with van der Waals surface area (Å²) in [5.41, 5.74) is -0.691. The Morgan fingerprint density at radius 2 is 2.00 bits per heavy atom. The predicted molar refractivity (Wildman–Crippen MR) is 55.4 cm³/mol. The highest BCUT2D eigenvalue weighted by Crippen LogP contribution is 2.00. The van der Waals surface area contributed by atoms with Crippen LogP contribution in [0.15, 0.2) is 0 Å². The molecule has 0 saturated carbocycles. The first-order valence-electron chi connectivity index (χ1n) is 4.92. The average molecular weight is 217 g/mol. The Kier molecular flexibility index (Phi) is 6.12. The summed E-state index contributed by atoms with van der Waals surface area (Å²) >= 11 is 0.